The van der Waals surface area contributed by atoms with Gasteiger partial charge in [0, 0.05) is 30.4 Å². The molecule has 0 unspecified atom stereocenters. The molecule has 2 aliphatic heterocycles. The summed E-state index contributed by atoms with van der Waals surface area (Å²) in [6, 6.07) is 3.43. The van der Waals surface area contributed by atoms with Gasteiger partial charge in [-0.2, -0.15) is 0 Å². The number of benzene rings is 1. The van der Waals surface area contributed by atoms with Crippen molar-refractivity contribution in [1.82, 2.24) is 0 Å². The molecule has 0 N–H and O–H groups in total. The molecule has 2 heterocycles. The van der Waals surface area contributed by atoms with Crippen LogP contribution >= 0.6 is 11.6 Å². The molecule has 102 valence electrons. The fraction of sp³-hybridized carbons (Fsp3) is 0.500. The summed E-state index contributed by atoms with van der Waals surface area (Å²) in [7, 11) is 1.59. The molecule has 0 aromatic heterocycles. The van der Waals surface area contributed by atoms with Gasteiger partial charge in [-0.25, -0.2) is 0 Å². The van der Waals surface area contributed by atoms with E-state index in [0.29, 0.717) is 36.7 Å². The van der Waals surface area contributed by atoms with E-state index in [1.54, 1.807) is 19.2 Å². The van der Waals surface area contributed by atoms with Gasteiger partial charge in [0.05, 0.1) is 20.3 Å². The summed E-state index contributed by atoms with van der Waals surface area (Å²) < 4.78 is 16.8. The van der Waals surface area contributed by atoms with Crippen LogP contribution in [0.25, 0.3) is 0 Å². The average Bonchev–Trinajstić information content (AvgIpc) is 2.76. The molecule has 0 amide bonds. The molecule has 0 aliphatic carbocycles. The number of hydrogen-bond donors (Lipinski definition) is 0. The summed E-state index contributed by atoms with van der Waals surface area (Å²) in [6.45, 7) is 1.36. The van der Waals surface area contributed by atoms with Crippen LogP contribution in [0.15, 0.2) is 12.1 Å². The molecule has 1 aromatic rings. The fourth-order valence-electron chi connectivity index (χ4n) is 2.84. The van der Waals surface area contributed by atoms with Crippen LogP contribution in [0.3, 0.4) is 0 Å². The van der Waals surface area contributed by atoms with E-state index < -0.39 is 5.24 Å². The number of carbonyl (C=O) groups is 1. The van der Waals surface area contributed by atoms with Crippen LogP contribution in [0, 0.1) is 0 Å². The van der Waals surface area contributed by atoms with Gasteiger partial charge in [0.2, 0.25) is 0 Å². The summed E-state index contributed by atoms with van der Waals surface area (Å²) in [5.74, 6) is 1.32. The van der Waals surface area contributed by atoms with Gasteiger partial charge in [0.1, 0.15) is 5.60 Å². The number of rotatable bonds is 2. The molecule has 2 aliphatic rings. The fourth-order valence-corrected chi connectivity index (χ4v) is 3.01. The summed E-state index contributed by atoms with van der Waals surface area (Å²) in [5.41, 5.74) is 1.11. The van der Waals surface area contributed by atoms with Gasteiger partial charge in [0.25, 0.3) is 5.24 Å². The molecule has 0 atom stereocenters. The highest BCUT2D eigenvalue weighted by atomic mass is 35.5. The monoisotopic (exact) mass is 282 g/mol. The lowest BCUT2D eigenvalue weighted by Crippen LogP contribution is -2.40. The maximum absolute atomic E-state index is 11.5. The van der Waals surface area contributed by atoms with Crippen LogP contribution in [0.2, 0.25) is 0 Å². The summed E-state index contributed by atoms with van der Waals surface area (Å²) >= 11 is 5.65. The Labute approximate surface area is 116 Å². The number of halogens is 1. The Kier molecular flexibility index (Phi) is 3.15. The lowest BCUT2D eigenvalue weighted by molar-refractivity contribution is -0.0338. The van der Waals surface area contributed by atoms with Gasteiger partial charge < -0.3 is 14.2 Å². The first kappa shape index (κ1) is 12.8. The molecule has 0 bridgehead atoms. The second-order valence-corrected chi connectivity index (χ2v) is 5.31. The second kappa shape index (κ2) is 4.69. The minimum atomic E-state index is -0.452. The molecule has 0 saturated carbocycles. The molecule has 1 spiro atoms. The van der Waals surface area contributed by atoms with Crippen molar-refractivity contribution in [2.75, 3.05) is 20.3 Å². The van der Waals surface area contributed by atoms with Crippen molar-refractivity contribution in [3.63, 3.8) is 0 Å². The van der Waals surface area contributed by atoms with E-state index in [0.717, 1.165) is 18.4 Å². The number of carbonyl (C=O) groups excluding carboxylic acids is 1. The Balaban J connectivity index is 2.04. The van der Waals surface area contributed by atoms with Crippen LogP contribution in [0.1, 0.15) is 28.8 Å². The molecule has 0 radical (unpaired) electrons. The molecule has 1 aromatic carbocycles. The molecule has 3 rings (SSSR count). The van der Waals surface area contributed by atoms with Gasteiger partial charge in [-0.1, -0.05) is 0 Å². The third-order valence-electron chi connectivity index (χ3n) is 3.88. The zero-order chi connectivity index (χ0) is 13.5. The first-order chi connectivity index (χ1) is 9.15. The van der Waals surface area contributed by atoms with Gasteiger partial charge in [-0.3, -0.25) is 4.79 Å². The van der Waals surface area contributed by atoms with Crippen molar-refractivity contribution < 1.29 is 19.0 Å². The van der Waals surface area contributed by atoms with E-state index in [2.05, 4.69) is 0 Å². The SMILES string of the molecule is COc1ccc(C(=O)Cl)c2c1OC1(CCOCC1)C2. The van der Waals surface area contributed by atoms with Crippen LogP contribution in [-0.4, -0.2) is 31.2 Å². The number of ether oxygens (including phenoxy) is 3. The number of methoxy groups -OCH3 is 1. The highest BCUT2D eigenvalue weighted by Gasteiger charge is 2.43. The number of fused-ring (bicyclic) bond motifs is 1. The first-order valence-corrected chi connectivity index (χ1v) is 6.69. The second-order valence-electron chi connectivity index (χ2n) is 4.97. The maximum atomic E-state index is 11.5. The highest BCUT2D eigenvalue weighted by Crippen LogP contribution is 2.47. The van der Waals surface area contributed by atoms with E-state index in [1.807, 2.05) is 0 Å². The topological polar surface area (TPSA) is 44.8 Å². The number of hydrogen-bond acceptors (Lipinski definition) is 4. The zero-order valence-corrected chi connectivity index (χ0v) is 11.5. The molecule has 19 heavy (non-hydrogen) atoms. The lowest BCUT2D eigenvalue weighted by Gasteiger charge is -2.32. The third-order valence-corrected chi connectivity index (χ3v) is 4.08. The van der Waals surface area contributed by atoms with E-state index in [9.17, 15) is 4.79 Å². The average molecular weight is 283 g/mol. The van der Waals surface area contributed by atoms with Gasteiger partial charge >= 0.3 is 0 Å². The predicted octanol–water partition coefficient (Wildman–Crippen LogP) is 2.56. The predicted molar refractivity (Wildman–Crippen MR) is 70.3 cm³/mol. The normalized spacial score (nSPS) is 19.9. The van der Waals surface area contributed by atoms with E-state index >= 15 is 0 Å². The minimum absolute atomic E-state index is 0.268. The lowest BCUT2D eigenvalue weighted by atomic mass is 9.88. The Morgan fingerprint density at radius 2 is 2.11 bits per heavy atom. The van der Waals surface area contributed by atoms with Gasteiger partial charge in [-0.05, 0) is 23.7 Å². The largest absolute Gasteiger partial charge is 0.493 e. The van der Waals surface area contributed by atoms with E-state index in [-0.39, 0.29) is 5.60 Å². The molecular formula is C14H15ClO4. The Bertz CT molecular complexity index is 520. The van der Waals surface area contributed by atoms with Crippen molar-refractivity contribution in [2.45, 2.75) is 24.9 Å². The van der Waals surface area contributed by atoms with Crippen molar-refractivity contribution in [3.8, 4) is 11.5 Å². The van der Waals surface area contributed by atoms with Crippen molar-refractivity contribution >= 4 is 16.8 Å². The Hall–Kier alpha value is -1.26. The summed E-state index contributed by atoms with van der Waals surface area (Å²) in [4.78, 5) is 11.5. The van der Waals surface area contributed by atoms with Crippen molar-refractivity contribution in [1.29, 1.82) is 0 Å². The standard InChI is InChI=1S/C14H15ClO4/c1-17-11-3-2-9(13(15)16)10-8-14(19-12(10)11)4-6-18-7-5-14/h2-3H,4-8H2,1H3. The molecule has 1 saturated heterocycles. The quantitative estimate of drug-likeness (QED) is 0.782. The summed E-state index contributed by atoms with van der Waals surface area (Å²) in [5, 5.41) is -0.452. The maximum Gasteiger partial charge on any atom is 0.252 e. The van der Waals surface area contributed by atoms with Crippen LogP contribution < -0.4 is 9.47 Å². The van der Waals surface area contributed by atoms with E-state index in [4.69, 9.17) is 25.8 Å². The van der Waals surface area contributed by atoms with Crippen molar-refractivity contribution in [2.24, 2.45) is 0 Å². The summed E-state index contributed by atoms with van der Waals surface area (Å²) in [6.07, 6.45) is 2.33. The van der Waals surface area contributed by atoms with Gasteiger partial charge in [0.15, 0.2) is 11.5 Å². The van der Waals surface area contributed by atoms with Crippen LogP contribution in [0.5, 0.6) is 11.5 Å². The minimum Gasteiger partial charge on any atom is -0.493 e. The van der Waals surface area contributed by atoms with Crippen molar-refractivity contribution in [3.05, 3.63) is 23.3 Å². The van der Waals surface area contributed by atoms with E-state index in [1.165, 1.54) is 0 Å². The Morgan fingerprint density at radius 3 is 2.74 bits per heavy atom. The third kappa shape index (κ3) is 2.09. The van der Waals surface area contributed by atoms with Crippen LogP contribution in [0.4, 0.5) is 0 Å². The Morgan fingerprint density at radius 1 is 1.37 bits per heavy atom. The van der Waals surface area contributed by atoms with Gasteiger partial charge in [-0.15, -0.1) is 0 Å². The molecule has 4 nitrogen and oxygen atoms in total. The molecule has 1 fully saturated rings. The highest BCUT2D eigenvalue weighted by molar-refractivity contribution is 6.68. The smallest absolute Gasteiger partial charge is 0.252 e. The first-order valence-electron chi connectivity index (χ1n) is 6.32. The molecule has 5 heteroatoms. The zero-order valence-electron chi connectivity index (χ0n) is 10.7. The molecular weight excluding hydrogens is 268 g/mol. The van der Waals surface area contributed by atoms with Crippen LogP contribution in [-0.2, 0) is 11.2 Å².